The maximum Gasteiger partial charge on any atom is 0.242 e. The van der Waals surface area contributed by atoms with Crippen molar-refractivity contribution in [3.05, 3.63) is 65.2 Å². The summed E-state index contributed by atoms with van der Waals surface area (Å²) in [4.78, 5) is 27.5. The average Bonchev–Trinajstić information content (AvgIpc) is 2.70. The maximum absolute atomic E-state index is 13.2. The number of nitrogens with zero attached hydrogens (tertiary/aromatic N) is 1. The quantitative estimate of drug-likeness (QED) is 0.722. The summed E-state index contributed by atoms with van der Waals surface area (Å²) in [5.41, 5.74) is 3.02. The van der Waals surface area contributed by atoms with Crippen molar-refractivity contribution >= 4 is 11.8 Å². The van der Waals surface area contributed by atoms with E-state index in [0.29, 0.717) is 19.5 Å². The average molecular weight is 383 g/mol. The Balaban J connectivity index is 2.28. The van der Waals surface area contributed by atoms with Crippen LogP contribution in [0, 0.1) is 6.92 Å². The number of carbonyl (C=O) groups excluding carboxylic acids is 2. The summed E-state index contributed by atoms with van der Waals surface area (Å²) >= 11 is 0. The third-order valence-electron chi connectivity index (χ3n) is 4.70. The van der Waals surface area contributed by atoms with Gasteiger partial charge in [0, 0.05) is 13.1 Å². The molecule has 0 aliphatic heterocycles. The zero-order valence-corrected chi connectivity index (χ0v) is 17.2. The molecule has 5 heteroatoms. The number of amides is 2. The Bertz CT molecular complexity index is 787. The number of likely N-dealkylation sites (N-methyl/N-ethyl adjacent to an activating group) is 1. The molecule has 1 N–H and O–H groups in total. The van der Waals surface area contributed by atoms with Crippen molar-refractivity contribution in [2.45, 2.75) is 46.2 Å². The first kappa shape index (κ1) is 21.5. The molecule has 0 aliphatic carbocycles. The van der Waals surface area contributed by atoms with Gasteiger partial charge >= 0.3 is 0 Å². The van der Waals surface area contributed by atoms with E-state index in [1.807, 2.05) is 69.3 Å². The predicted molar refractivity (Wildman–Crippen MR) is 111 cm³/mol. The first-order valence-corrected chi connectivity index (χ1v) is 9.74. The van der Waals surface area contributed by atoms with Gasteiger partial charge in [0.2, 0.25) is 11.8 Å². The molecule has 0 fully saturated rings. The van der Waals surface area contributed by atoms with Gasteiger partial charge in [0.15, 0.2) is 0 Å². The normalized spacial score (nSPS) is 11.6. The van der Waals surface area contributed by atoms with Crippen molar-refractivity contribution in [3.63, 3.8) is 0 Å². The van der Waals surface area contributed by atoms with Crippen molar-refractivity contribution in [2.24, 2.45) is 0 Å². The summed E-state index contributed by atoms with van der Waals surface area (Å²) in [6.45, 7) is 6.72. The van der Waals surface area contributed by atoms with Crippen LogP contribution in [0.1, 0.15) is 37.0 Å². The van der Waals surface area contributed by atoms with Gasteiger partial charge < -0.3 is 15.0 Å². The molecule has 0 heterocycles. The minimum Gasteiger partial charge on any atom is -0.497 e. The lowest BCUT2D eigenvalue weighted by Gasteiger charge is -2.30. The summed E-state index contributed by atoms with van der Waals surface area (Å²) in [6, 6.07) is 15.0. The van der Waals surface area contributed by atoms with Crippen LogP contribution in [0.2, 0.25) is 0 Å². The number of ether oxygens (including phenoxy) is 1. The fraction of sp³-hybridized carbons (Fsp3) is 0.391. The highest BCUT2D eigenvalue weighted by molar-refractivity contribution is 5.88. The molecule has 0 spiro atoms. The van der Waals surface area contributed by atoms with Crippen LogP contribution in [0.15, 0.2) is 48.5 Å². The van der Waals surface area contributed by atoms with E-state index in [2.05, 4.69) is 5.32 Å². The topological polar surface area (TPSA) is 58.6 Å². The zero-order chi connectivity index (χ0) is 20.5. The monoisotopic (exact) mass is 382 g/mol. The molecule has 28 heavy (non-hydrogen) atoms. The summed E-state index contributed by atoms with van der Waals surface area (Å²) in [5.74, 6) is 0.546. The van der Waals surface area contributed by atoms with E-state index in [1.165, 1.54) is 0 Å². The Morgan fingerprint density at radius 2 is 1.79 bits per heavy atom. The molecule has 0 saturated heterocycles. The minimum absolute atomic E-state index is 0.0650. The molecule has 0 radical (unpaired) electrons. The standard InChI is InChI=1S/C23H30N2O3/c1-5-21(23(27)24-6-2)25(16-19-8-7-9-20(14-19)28-4)22(26)15-18-12-10-17(3)11-13-18/h7-14,21H,5-6,15-16H2,1-4H3,(H,24,27). The SMILES string of the molecule is CCNC(=O)C(CC)N(Cc1cccc(OC)c1)C(=O)Cc1ccc(C)cc1. The smallest absolute Gasteiger partial charge is 0.242 e. The van der Waals surface area contributed by atoms with E-state index in [4.69, 9.17) is 4.74 Å². The highest BCUT2D eigenvalue weighted by atomic mass is 16.5. The second kappa shape index (κ2) is 10.5. The van der Waals surface area contributed by atoms with Crippen LogP contribution in [0.25, 0.3) is 0 Å². The van der Waals surface area contributed by atoms with Crippen molar-refractivity contribution in [1.82, 2.24) is 10.2 Å². The molecule has 0 saturated carbocycles. The van der Waals surface area contributed by atoms with Gasteiger partial charge in [0.25, 0.3) is 0 Å². The fourth-order valence-electron chi connectivity index (χ4n) is 3.16. The van der Waals surface area contributed by atoms with Gasteiger partial charge in [-0.25, -0.2) is 0 Å². The van der Waals surface area contributed by atoms with Crippen LogP contribution in [0.5, 0.6) is 5.75 Å². The number of nitrogens with one attached hydrogen (secondary N) is 1. The summed E-state index contributed by atoms with van der Waals surface area (Å²) in [7, 11) is 1.61. The lowest BCUT2D eigenvalue weighted by molar-refractivity contribution is -0.140. The van der Waals surface area contributed by atoms with E-state index in [-0.39, 0.29) is 18.2 Å². The number of aryl methyl sites for hydroxylation is 1. The van der Waals surface area contributed by atoms with Crippen LogP contribution in [0.4, 0.5) is 0 Å². The summed E-state index contributed by atoms with van der Waals surface area (Å²) in [5, 5.41) is 2.85. The lowest BCUT2D eigenvalue weighted by Crippen LogP contribution is -2.49. The van der Waals surface area contributed by atoms with E-state index in [0.717, 1.165) is 22.4 Å². The highest BCUT2D eigenvalue weighted by Crippen LogP contribution is 2.18. The molecule has 0 aromatic heterocycles. The Morgan fingerprint density at radius 3 is 2.39 bits per heavy atom. The number of hydrogen-bond donors (Lipinski definition) is 1. The number of methoxy groups -OCH3 is 1. The van der Waals surface area contributed by atoms with E-state index in [9.17, 15) is 9.59 Å². The first-order valence-electron chi connectivity index (χ1n) is 9.74. The van der Waals surface area contributed by atoms with E-state index in [1.54, 1.807) is 12.0 Å². The maximum atomic E-state index is 13.2. The molecular weight excluding hydrogens is 352 g/mol. The minimum atomic E-state index is -0.510. The van der Waals surface area contributed by atoms with E-state index < -0.39 is 6.04 Å². The third-order valence-corrected chi connectivity index (χ3v) is 4.70. The van der Waals surface area contributed by atoms with Gasteiger partial charge in [-0.3, -0.25) is 9.59 Å². The van der Waals surface area contributed by atoms with Gasteiger partial charge in [-0.15, -0.1) is 0 Å². The van der Waals surface area contributed by atoms with Crippen LogP contribution >= 0.6 is 0 Å². The number of benzene rings is 2. The summed E-state index contributed by atoms with van der Waals surface area (Å²) in [6.07, 6.45) is 0.815. The van der Waals surface area contributed by atoms with Crippen LogP contribution < -0.4 is 10.1 Å². The van der Waals surface area contributed by atoms with Gasteiger partial charge in [0.1, 0.15) is 11.8 Å². The van der Waals surface area contributed by atoms with Gasteiger partial charge in [0.05, 0.1) is 13.5 Å². The molecule has 2 amide bonds. The van der Waals surface area contributed by atoms with Crippen LogP contribution in [-0.2, 0) is 22.6 Å². The zero-order valence-electron chi connectivity index (χ0n) is 17.2. The molecule has 2 aromatic carbocycles. The largest absolute Gasteiger partial charge is 0.497 e. The molecular formula is C23H30N2O3. The van der Waals surface area contributed by atoms with Crippen LogP contribution in [0.3, 0.4) is 0 Å². The van der Waals surface area contributed by atoms with Crippen molar-refractivity contribution in [2.75, 3.05) is 13.7 Å². The van der Waals surface area contributed by atoms with Crippen LogP contribution in [-0.4, -0.2) is 36.4 Å². The van der Waals surface area contributed by atoms with E-state index >= 15 is 0 Å². The summed E-state index contributed by atoms with van der Waals surface area (Å²) < 4.78 is 5.29. The Kier molecular flexibility index (Phi) is 8.05. The van der Waals surface area contributed by atoms with Crippen molar-refractivity contribution in [3.8, 4) is 5.75 Å². The molecule has 2 rings (SSSR count). The number of hydrogen-bond acceptors (Lipinski definition) is 3. The molecule has 1 unspecified atom stereocenters. The first-order chi connectivity index (χ1) is 13.5. The third kappa shape index (κ3) is 5.84. The van der Waals surface area contributed by atoms with Gasteiger partial charge in [-0.1, -0.05) is 48.9 Å². The molecule has 150 valence electrons. The Morgan fingerprint density at radius 1 is 1.07 bits per heavy atom. The van der Waals surface area contributed by atoms with Gasteiger partial charge in [-0.2, -0.15) is 0 Å². The van der Waals surface area contributed by atoms with Crippen molar-refractivity contribution in [1.29, 1.82) is 0 Å². The number of carbonyl (C=O) groups is 2. The predicted octanol–water partition coefficient (Wildman–Crippen LogP) is 3.49. The molecule has 0 aliphatic rings. The fourth-order valence-corrected chi connectivity index (χ4v) is 3.16. The lowest BCUT2D eigenvalue weighted by atomic mass is 10.1. The second-order valence-electron chi connectivity index (χ2n) is 6.85. The molecule has 2 aromatic rings. The Labute approximate surface area is 167 Å². The molecule has 5 nitrogen and oxygen atoms in total. The highest BCUT2D eigenvalue weighted by Gasteiger charge is 2.28. The molecule has 0 bridgehead atoms. The van der Waals surface area contributed by atoms with Gasteiger partial charge in [-0.05, 0) is 43.5 Å². The second-order valence-corrected chi connectivity index (χ2v) is 6.85. The molecule has 1 atom stereocenters. The Hall–Kier alpha value is -2.82. The van der Waals surface area contributed by atoms with Crippen molar-refractivity contribution < 1.29 is 14.3 Å². The number of rotatable bonds is 9.